The molecule has 3 aromatic carbocycles. The fourth-order valence-electron chi connectivity index (χ4n) is 3.84. The Morgan fingerprint density at radius 3 is 2.58 bits per heavy atom. The molecule has 166 valence electrons. The highest BCUT2D eigenvalue weighted by molar-refractivity contribution is 9.10. The number of rotatable bonds is 4. The zero-order chi connectivity index (χ0) is 23.1. The number of hydrogen-bond donors (Lipinski definition) is 1. The summed E-state index contributed by atoms with van der Waals surface area (Å²) < 4.78 is 23.8. The van der Waals surface area contributed by atoms with E-state index in [4.69, 9.17) is 47.9 Å². The molecule has 2 N–H and O–H groups in total. The Balaban J connectivity index is 1.60. The maximum Gasteiger partial charge on any atom is 0.231 e. The van der Waals surface area contributed by atoms with Gasteiger partial charge in [0.1, 0.15) is 29.7 Å². The van der Waals surface area contributed by atoms with Gasteiger partial charge in [-0.2, -0.15) is 5.26 Å². The molecule has 3 aromatic rings. The van der Waals surface area contributed by atoms with Crippen LogP contribution in [0.5, 0.6) is 23.0 Å². The number of nitrogens with two attached hydrogens (primary N) is 1. The lowest BCUT2D eigenvalue weighted by atomic mass is 9.83. The van der Waals surface area contributed by atoms with E-state index in [1.165, 1.54) is 0 Å². The van der Waals surface area contributed by atoms with E-state index in [2.05, 4.69) is 22.0 Å². The van der Waals surface area contributed by atoms with Gasteiger partial charge in [-0.1, -0.05) is 45.2 Å². The lowest BCUT2D eigenvalue weighted by Gasteiger charge is -2.28. The van der Waals surface area contributed by atoms with Crippen LogP contribution in [-0.2, 0) is 6.61 Å². The van der Waals surface area contributed by atoms with E-state index >= 15 is 0 Å². The quantitative estimate of drug-likeness (QED) is 0.415. The van der Waals surface area contributed by atoms with Gasteiger partial charge in [-0.15, -0.1) is 0 Å². The average molecular weight is 546 g/mol. The van der Waals surface area contributed by atoms with Gasteiger partial charge in [0.05, 0.1) is 5.92 Å². The predicted molar refractivity (Wildman–Crippen MR) is 127 cm³/mol. The average Bonchev–Trinajstić information content (AvgIpc) is 3.24. The van der Waals surface area contributed by atoms with E-state index in [0.717, 1.165) is 21.2 Å². The van der Waals surface area contributed by atoms with E-state index in [1.807, 2.05) is 30.3 Å². The predicted octanol–water partition coefficient (Wildman–Crippen LogP) is 6.28. The molecular formula is C24H15BrCl2N2O4. The van der Waals surface area contributed by atoms with Gasteiger partial charge < -0.3 is 24.7 Å². The number of nitriles is 1. The minimum absolute atomic E-state index is 0.0283. The van der Waals surface area contributed by atoms with Crippen LogP contribution in [0.25, 0.3) is 0 Å². The Kier molecular flexibility index (Phi) is 5.75. The van der Waals surface area contributed by atoms with Crippen LogP contribution in [0.3, 0.4) is 0 Å². The number of halogens is 3. The molecule has 0 bridgehead atoms. The van der Waals surface area contributed by atoms with E-state index in [0.29, 0.717) is 33.0 Å². The van der Waals surface area contributed by atoms with Gasteiger partial charge in [0, 0.05) is 37.3 Å². The summed E-state index contributed by atoms with van der Waals surface area (Å²) in [5, 5.41) is 11.0. The second kappa shape index (κ2) is 8.71. The second-order valence-electron chi connectivity index (χ2n) is 7.37. The van der Waals surface area contributed by atoms with Gasteiger partial charge in [0.25, 0.3) is 0 Å². The van der Waals surface area contributed by atoms with Crippen molar-refractivity contribution in [3.63, 3.8) is 0 Å². The molecule has 5 rings (SSSR count). The molecule has 2 aliphatic heterocycles. The van der Waals surface area contributed by atoms with Gasteiger partial charge in [-0.05, 0) is 36.4 Å². The number of fused-ring (bicyclic) bond motifs is 2. The van der Waals surface area contributed by atoms with Crippen molar-refractivity contribution in [3.05, 3.63) is 91.2 Å². The first-order chi connectivity index (χ1) is 15.9. The molecule has 0 spiro atoms. The van der Waals surface area contributed by atoms with Gasteiger partial charge in [-0.25, -0.2) is 0 Å². The minimum atomic E-state index is -0.540. The molecule has 0 fully saturated rings. The van der Waals surface area contributed by atoms with Gasteiger partial charge in [0.15, 0.2) is 11.5 Å². The molecule has 2 aliphatic rings. The van der Waals surface area contributed by atoms with Crippen LogP contribution in [0.2, 0.25) is 10.0 Å². The Morgan fingerprint density at radius 2 is 1.82 bits per heavy atom. The number of benzene rings is 3. The Bertz CT molecular complexity index is 1350. The first kappa shape index (κ1) is 21.8. The number of hydrogen-bond acceptors (Lipinski definition) is 6. The molecule has 0 radical (unpaired) electrons. The highest BCUT2D eigenvalue weighted by atomic mass is 79.9. The largest absolute Gasteiger partial charge is 0.489 e. The minimum Gasteiger partial charge on any atom is -0.489 e. The smallest absolute Gasteiger partial charge is 0.231 e. The Labute approximate surface area is 208 Å². The Hall–Kier alpha value is -3.05. The van der Waals surface area contributed by atoms with Crippen molar-refractivity contribution in [2.24, 2.45) is 5.73 Å². The first-order valence-corrected chi connectivity index (χ1v) is 11.4. The van der Waals surface area contributed by atoms with Crippen LogP contribution in [0.15, 0.2) is 64.5 Å². The van der Waals surface area contributed by atoms with Crippen LogP contribution < -0.4 is 24.7 Å². The Morgan fingerprint density at radius 1 is 1.03 bits per heavy atom. The summed E-state index contributed by atoms with van der Waals surface area (Å²) in [7, 11) is 0. The van der Waals surface area contributed by atoms with Crippen molar-refractivity contribution < 1.29 is 18.9 Å². The number of allylic oxidation sites excluding steroid dienone is 1. The summed E-state index contributed by atoms with van der Waals surface area (Å²) in [6, 6.07) is 16.5. The lowest BCUT2D eigenvalue weighted by Crippen LogP contribution is -2.21. The first-order valence-electron chi connectivity index (χ1n) is 9.82. The SMILES string of the molecule is N#CC1=C(N)Oc2cc3c(cc2[C@@H]1c1cc(Br)ccc1OCc1ccc(Cl)cc1Cl)OCO3. The third-order valence-corrected chi connectivity index (χ3v) is 6.47. The van der Waals surface area contributed by atoms with Crippen molar-refractivity contribution in [1.29, 1.82) is 5.26 Å². The zero-order valence-corrected chi connectivity index (χ0v) is 20.0. The fourth-order valence-corrected chi connectivity index (χ4v) is 4.68. The summed E-state index contributed by atoms with van der Waals surface area (Å²) in [5.74, 6) is 1.68. The summed E-state index contributed by atoms with van der Waals surface area (Å²) >= 11 is 15.8. The third kappa shape index (κ3) is 4.06. The molecule has 0 saturated heterocycles. The van der Waals surface area contributed by atoms with Gasteiger partial charge in [-0.3, -0.25) is 0 Å². The van der Waals surface area contributed by atoms with Crippen LogP contribution in [-0.4, -0.2) is 6.79 Å². The highest BCUT2D eigenvalue weighted by Gasteiger charge is 2.35. The zero-order valence-electron chi connectivity index (χ0n) is 16.9. The van der Waals surface area contributed by atoms with Crippen LogP contribution in [0.1, 0.15) is 22.6 Å². The van der Waals surface area contributed by atoms with Crippen LogP contribution >= 0.6 is 39.1 Å². The van der Waals surface area contributed by atoms with E-state index in [-0.39, 0.29) is 24.9 Å². The maximum atomic E-state index is 9.94. The van der Waals surface area contributed by atoms with Crippen molar-refractivity contribution in [2.75, 3.05) is 6.79 Å². The molecule has 6 nitrogen and oxygen atoms in total. The summed E-state index contributed by atoms with van der Waals surface area (Å²) in [6.07, 6.45) is 0. The maximum absolute atomic E-state index is 9.94. The molecule has 0 unspecified atom stereocenters. The van der Waals surface area contributed by atoms with Gasteiger partial charge in [0.2, 0.25) is 12.7 Å². The molecule has 1 atom stereocenters. The summed E-state index contributed by atoms with van der Waals surface area (Å²) in [4.78, 5) is 0. The standard InChI is InChI=1S/C24H15BrCl2N2O4/c25-13-2-4-19(30-10-12-1-3-14(26)6-18(12)27)15(5-13)23-16-7-21-22(32-11-31-21)8-20(16)33-24(29)17(23)9-28/h1-8,23H,10-11,29H2/t23-/m0/s1. The molecule has 33 heavy (non-hydrogen) atoms. The third-order valence-electron chi connectivity index (χ3n) is 5.39. The topological polar surface area (TPSA) is 86.7 Å². The van der Waals surface area contributed by atoms with E-state index in [9.17, 15) is 5.26 Å². The van der Waals surface area contributed by atoms with Gasteiger partial charge >= 0.3 is 0 Å². The number of nitrogens with zero attached hydrogens (tertiary/aromatic N) is 1. The summed E-state index contributed by atoms with van der Waals surface area (Å²) in [5.41, 5.74) is 8.65. The second-order valence-corrected chi connectivity index (χ2v) is 9.13. The fraction of sp³-hybridized carbons (Fsp3) is 0.125. The van der Waals surface area contributed by atoms with Crippen molar-refractivity contribution in [1.82, 2.24) is 0 Å². The molecule has 9 heteroatoms. The monoisotopic (exact) mass is 544 g/mol. The molecule has 0 amide bonds. The molecule has 0 saturated carbocycles. The normalized spacial score (nSPS) is 16.1. The number of ether oxygens (including phenoxy) is 4. The highest BCUT2D eigenvalue weighted by Crippen LogP contribution is 2.50. The van der Waals surface area contributed by atoms with Crippen LogP contribution in [0.4, 0.5) is 0 Å². The molecule has 2 heterocycles. The summed E-state index contributed by atoms with van der Waals surface area (Å²) in [6.45, 7) is 0.326. The molecule has 0 aromatic heterocycles. The van der Waals surface area contributed by atoms with Crippen molar-refractivity contribution in [3.8, 4) is 29.1 Å². The van der Waals surface area contributed by atoms with Crippen molar-refractivity contribution in [2.45, 2.75) is 12.5 Å². The van der Waals surface area contributed by atoms with Crippen molar-refractivity contribution >= 4 is 39.1 Å². The van der Waals surface area contributed by atoms with E-state index < -0.39 is 5.92 Å². The van der Waals surface area contributed by atoms with Crippen LogP contribution in [0, 0.1) is 11.3 Å². The van der Waals surface area contributed by atoms with E-state index in [1.54, 1.807) is 18.2 Å². The molecular weight excluding hydrogens is 531 g/mol. The lowest BCUT2D eigenvalue weighted by molar-refractivity contribution is 0.174. The molecule has 0 aliphatic carbocycles.